The number of carbonyl (C=O) groups excluding carboxylic acids is 1. The number of amides is 2. The van der Waals surface area contributed by atoms with Gasteiger partial charge in [0.2, 0.25) is 0 Å². The van der Waals surface area contributed by atoms with Crippen molar-refractivity contribution in [2.24, 2.45) is 11.7 Å². The molecule has 2 amide bonds. The molecule has 0 bridgehead atoms. The largest absolute Gasteiger partial charge is 0.331 e. The van der Waals surface area contributed by atoms with Crippen molar-refractivity contribution in [2.75, 3.05) is 27.2 Å². The lowest BCUT2D eigenvalue weighted by molar-refractivity contribution is 0.177. The van der Waals surface area contributed by atoms with Gasteiger partial charge in [0, 0.05) is 32.7 Å². The zero-order chi connectivity index (χ0) is 10.9. The van der Waals surface area contributed by atoms with Crippen molar-refractivity contribution in [3.05, 3.63) is 0 Å². The molecule has 1 atom stereocenters. The molecule has 0 aromatic heterocycles. The molecule has 82 valence electrons. The van der Waals surface area contributed by atoms with Crippen LogP contribution in [0.4, 0.5) is 4.79 Å². The lowest BCUT2D eigenvalue weighted by Crippen LogP contribution is -2.44. The Bertz CT molecular complexity index is 220. The van der Waals surface area contributed by atoms with E-state index in [4.69, 9.17) is 5.73 Å². The molecule has 0 aliphatic carbocycles. The Morgan fingerprint density at radius 3 is 2.43 bits per heavy atom. The second-order valence-electron chi connectivity index (χ2n) is 4.93. The number of nitrogens with two attached hydrogens (primary N) is 1. The smallest absolute Gasteiger partial charge is 0.319 e. The number of hydrogen-bond acceptors (Lipinski definition) is 2. The summed E-state index contributed by atoms with van der Waals surface area (Å²) in [4.78, 5) is 15.1. The third kappa shape index (κ3) is 2.38. The van der Waals surface area contributed by atoms with Crippen molar-refractivity contribution < 1.29 is 4.79 Å². The summed E-state index contributed by atoms with van der Waals surface area (Å²) in [6.07, 6.45) is 1.02. The van der Waals surface area contributed by atoms with Crippen molar-refractivity contribution in [1.82, 2.24) is 9.80 Å². The molecule has 2 N–H and O–H groups in total. The predicted octanol–water partition coefficient (Wildman–Crippen LogP) is 0.727. The highest BCUT2D eigenvalue weighted by molar-refractivity contribution is 5.74. The van der Waals surface area contributed by atoms with Crippen molar-refractivity contribution in [1.29, 1.82) is 0 Å². The Balaban J connectivity index is 2.54. The summed E-state index contributed by atoms with van der Waals surface area (Å²) in [6.45, 7) is 5.69. The number of rotatable bonds is 1. The lowest BCUT2D eigenvalue weighted by Gasteiger charge is -2.27. The van der Waals surface area contributed by atoms with E-state index in [1.165, 1.54) is 0 Å². The molecule has 1 aliphatic rings. The molecule has 0 radical (unpaired) electrons. The van der Waals surface area contributed by atoms with E-state index in [1.807, 2.05) is 18.7 Å². The van der Waals surface area contributed by atoms with E-state index in [9.17, 15) is 4.79 Å². The maximum Gasteiger partial charge on any atom is 0.319 e. The predicted molar refractivity (Wildman–Crippen MR) is 57.0 cm³/mol. The fourth-order valence-corrected chi connectivity index (χ4v) is 1.82. The van der Waals surface area contributed by atoms with Gasteiger partial charge in [-0.3, -0.25) is 0 Å². The summed E-state index contributed by atoms with van der Waals surface area (Å²) in [5, 5.41) is 0. The standard InChI is InChI=1S/C10H21N3O/c1-10(2,11)8-5-6-13(7-8)9(14)12(3)4/h8H,5-7,11H2,1-4H3. The SMILES string of the molecule is CN(C)C(=O)N1CCC(C(C)(C)N)C1. The van der Waals surface area contributed by atoms with Gasteiger partial charge in [-0.25, -0.2) is 4.79 Å². The van der Waals surface area contributed by atoms with Crippen LogP contribution in [0.3, 0.4) is 0 Å². The van der Waals surface area contributed by atoms with Crippen LogP contribution in [0.25, 0.3) is 0 Å². The average molecular weight is 199 g/mol. The summed E-state index contributed by atoms with van der Waals surface area (Å²) in [5.41, 5.74) is 5.85. The van der Waals surface area contributed by atoms with Crippen LogP contribution < -0.4 is 5.73 Å². The van der Waals surface area contributed by atoms with Crippen LogP contribution in [0, 0.1) is 5.92 Å². The molecule has 0 spiro atoms. The number of urea groups is 1. The lowest BCUT2D eigenvalue weighted by atomic mass is 9.88. The highest BCUT2D eigenvalue weighted by atomic mass is 16.2. The second kappa shape index (κ2) is 3.77. The number of carbonyl (C=O) groups is 1. The molecule has 1 saturated heterocycles. The van der Waals surface area contributed by atoms with E-state index in [2.05, 4.69) is 0 Å². The molecule has 0 aromatic rings. The van der Waals surface area contributed by atoms with Crippen molar-refractivity contribution >= 4 is 6.03 Å². The third-order valence-electron chi connectivity index (χ3n) is 2.89. The Labute approximate surface area is 86.0 Å². The van der Waals surface area contributed by atoms with E-state index in [0.29, 0.717) is 5.92 Å². The first kappa shape index (κ1) is 11.3. The van der Waals surface area contributed by atoms with E-state index >= 15 is 0 Å². The normalized spacial score (nSPS) is 22.6. The number of nitrogens with zero attached hydrogens (tertiary/aromatic N) is 2. The van der Waals surface area contributed by atoms with Gasteiger partial charge in [-0.1, -0.05) is 0 Å². The van der Waals surface area contributed by atoms with Crippen LogP contribution in [0.15, 0.2) is 0 Å². The summed E-state index contributed by atoms with van der Waals surface area (Å²) in [6, 6.07) is 0.0942. The van der Waals surface area contributed by atoms with Gasteiger partial charge >= 0.3 is 6.03 Å². The van der Waals surface area contributed by atoms with Gasteiger partial charge in [0.15, 0.2) is 0 Å². The van der Waals surface area contributed by atoms with Crippen molar-refractivity contribution in [3.8, 4) is 0 Å². The van der Waals surface area contributed by atoms with Gasteiger partial charge in [-0.05, 0) is 26.2 Å². The summed E-state index contributed by atoms with van der Waals surface area (Å²) in [7, 11) is 3.56. The van der Waals surface area contributed by atoms with Crippen molar-refractivity contribution in [2.45, 2.75) is 25.8 Å². The van der Waals surface area contributed by atoms with Crippen LogP contribution >= 0.6 is 0 Å². The average Bonchev–Trinajstić information content (AvgIpc) is 2.49. The molecule has 1 fully saturated rings. The molecule has 1 rings (SSSR count). The molecule has 0 saturated carbocycles. The van der Waals surface area contributed by atoms with Gasteiger partial charge in [-0.2, -0.15) is 0 Å². The van der Waals surface area contributed by atoms with Crippen LogP contribution in [0.1, 0.15) is 20.3 Å². The van der Waals surface area contributed by atoms with E-state index < -0.39 is 0 Å². The highest BCUT2D eigenvalue weighted by Crippen LogP contribution is 2.25. The molecule has 1 heterocycles. The van der Waals surface area contributed by atoms with Crippen LogP contribution in [0.2, 0.25) is 0 Å². The molecule has 0 aromatic carbocycles. The zero-order valence-corrected chi connectivity index (χ0v) is 9.58. The van der Waals surface area contributed by atoms with E-state index in [1.54, 1.807) is 19.0 Å². The van der Waals surface area contributed by atoms with E-state index in [0.717, 1.165) is 19.5 Å². The first-order valence-electron chi connectivity index (χ1n) is 5.07. The number of hydrogen-bond donors (Lipinski definition) is 1. The maximum absolute atomic E-state index is 11.6. The quantitative estimate of drug-likeness (QED) is 0.676. The first-order valence-corrected chi connectivity index (χ1v) is 5.07. The van der Waals surface area contributed by atoms with Gasteiger partial charge < -0.3 is 15.5 Å². The molecule has 1 unspecified atom stereocenters. The molecule has 1 aliphatic heterocycles. The van der Waals surface area contributed by atoms with Gasteiger partial charge in [0.05, 0.1) is 0 Å². The summed E-state index contributed by atoms with van der Waals surface area (Å²) in [5.74, 6) is 0.423. The highest BCUT2D eigenvalue weighted by Gasteiger charge is 2.34. The van der Waals surface area contributed by atoms with Crippen molar-refractivity contribution in [3.63, 3.8) is 0 Å². The second-order valence-corrected chi connectivity index (χ2v) is 4.93. The minimum absolute atomic E-state index is 0.0942. The molecule has 14 heavy (non-hydrogen) atoms. The fourth-order valence-electron chi connectivity index (χ4n) is 1.82. The Morgan fingerprint density at radius 1 is 1.50 bits per heavy atom. The van der Waals surface area contributed by atoms with Crippen LogP contribution in [-0.4, -0.2) is 48.6 Å². The molecule has 4 heteroatoms. The Morgan fingerprint density at radius 2 is 2.07 bits per heavy atom. The molecule has 4 nitrogen and oxygen atoms in total. The number of likely N-dealkylation sites (tertiary alicyclic amines) is 1. The van der Waals surface area contributed by atoms with Crippen LogP contribution in [0.5, 0.6) is 0 Å². The third-order valence-corrected chi connectivity index (χ3v) is 2.89. The zero-order valence-electron chi connectivity index (χ0n) is 9.58. The maximum atomic E-state index is 11.6. The first-order chi connectivity index (χ1) is 6.32. The minimum atomic E-state index is -0.179. The summed E-state index contributed by atoms with van der Waals surface area (Å²) >= 11 is 0. The fraction of sp³-hybridized carbons (Fsp3) is 0.900. The van der Waals surface area contributed by atoms with Gasteiger partial charge in [0.1, 0.15) is 0 Å². The monoisotopic (exact) mass is 199 g/mol. The molecular formula is C10H21N3O. The van der Waals surface area contributed by atoms with Crippen LogP contribution in [-0.2, 0) is 0 Å². The molecular weight excluding hydrogens is 178 g/mol. The van der Waals surface area contributed by atoms with Gasteiger partial charge in [-0.15, -0.1) is 0 Å². The summed E-state index contributed by atoms with van der Waals surface area (Å²) < 4.78 is 0. The minimum Gasteiger partial charge on any atom is -0.331 e. The van der Waals surface area contributed by atoms with Gasteiger partial charge in [0.25, 0.3) is 0 Å². The Hall–Kier alpha value is -0.770. The van der Waals surface area contributed by atoms with E-state index in [-0.39, 0.29) is 11.6 Å². The Kier molecular flexibility index (Phi) is 3.04. The topological polar surface area (TPSA) is 49.6 Å².